The summed E-state index contributed by atoms with van der Waals surface area (Å²) in [5.41, 5.74) is 7.20. The van der Waals surface area contributed by atoms with E-state index in [9.17, 15) is 4.39 Å². The number of aromatic nitrogens is 2. The van der Waals surface area contributed by atoms with Gasteiger partial charge >= 0.3 is 6.01 Å². The van der Waals surface area contributed by atoms with Gasteiger partial charge in [0, 0.05) is 24.5 Å². The van der Waals surface area contributed by atoms with Gasteiger partial charge in [-0.1, -0.05) is 6.07 Å². The zero-order valence-corrected chi connectivity index (χ0v) is 10.9. The van der Waals surface area contributed by atoms with Gasteiger partial charge in [0.25, 0.3) is 0 Å². The first-order valence-corrected chi connectivity index (χ1v) is 6.05. The van der Waals surface area contributed by atoms with Gasteiger partial charge in [-0.05, 0) is 37.5 Å². The highest BCUT2D eigenvalue weighted by molar-refractivity contribution is 5.29. The van der Waals surface area contributed by atoms with Gasteiger partial charge in [-0.3, -0.25) is 0 Å². The number of hydrogen-bond donors (Lipinski definition) is 1. The standard InChI is InChI=1S/C14H16FN3O/c1-9-3-4-12(6-13(9)15)19-14-17-7-11(8-18-14)5-10(2)16/h3-4,6-8,10H,5,16H2,1-2H3. The summed E-state index contributed by atoms with van der Waals surface area (Å²) >= 11 is 0. The Labute approximate surface area is 111 Å². The van der Waals surface area contributed by atoms with Gasteiger partial charge in [0.15, 0.2) is 0 Å². The Bertz CT molecular complexity index is 555. The Morgan fingerprint density at radius 3 is 2.58 bits per heavy atom. The number of nitrogens with two attached hydrogens (primary N) is 1. The number of halogens is 1. The Kier molecular flexibility index (Phi) is 4.06. The first-order valence-electron chi connectivity index (χ1n) is 6.05. The van der Waals surface area contributed by atoms with Gasteiger partial charge in [-0.15, -0.1) is 0 Å². The van der Waals surface area contributed by atoms with Crippen LogP contribution in [0.2, 0.25) is 0 Å². The summed E-state index contributed by atoms with van der Waals surface area (Å²) in [6.07, 6.45) is 4.03. The number of hydrogen-bond acceptors (Lipinski definition) is 4. The summed E-state index contributed by atoms with van der Waals surface area (Å²) in [4.78, 5) is 8.14. The minimum Gasteiger partial charge on any atom is -0.424 e. The molecule has 1 aromatic carbocycles. The van der Waals surface area contributed by atoms with Gasteiger partial charge < -0.3 is 10.5 Å². The average Bonchev–Trinajstić information content (AvgIpc) is 2.36. The zero-order valence-electron chi connectivity index (χ0n) is 10.9. The van der Waals surface area contributed by atoms with Crippen molar-refractivity contribution in [3.63, 3.8) is 0 Å². The maximum atomic E-state index is 13.4. The predicted octanol–water partition coefficient (Wildman–Crippen LogP) is 2.61. The lowest BCUT2D eigenvalue weighted by atomic mass is 10.1. The van der Waals surface area contributed by atoms with Crippen LogP contribution in [0.3, 0.4) is 0 Å². The molecule has 5 heteroatoms. The fourth-order valence-electron chi connectivity index (χ4n) is 1.62. The van der Waals surface area contributed by atoms with E-state index in [2.05, 4.69) is 9.97 Å². The molecule has 0 bridgehead atoms. The SMILES string of the molecule is Cc1ccc(Oc2ncc(CC(C)N)cn2)cc1F. The fraction of sp³-hybridized carbons (Fsp3) is 0.286. The molecule has 0 saturated heterocycles. The molecule has 0 radical (unpaired) electrons. The second-order valence-corrected chi connectivity index (χ2v) is 4.57. The molecule has 2 aromatic rings. The Morgan fingerprint density at radius 2 is 2.00 bits per heavy atom. The summed E-state index contributed by atoms with van der Waals surface area (Å²) < 4.78 is 18.7. The third kappa shape index (κ3) is 3.72. The van der Waals surface area contributed by atoms with Crippen LogP contribution in [0, 0.1) is 12.7 Å². The molecule has 0 aliphatic heterocycles. The highest BCUT2D eigenvalue weighted by Crippen LogP contribution is 2.20. The molecule has 100 valence electrons. The molecule has 0 aliphatic carbocycles. The first-order chi connectivity index (χ1) is 9.04. The van der Waals surface area contributed by atoms with Crippen LogP contribution < -0.4 is 10.5 Å². The molecule has 1 unspecified atom stereocenters. The van der Waals surface area contributed by atoms with E-state index in [-0.39, 0.29) is 17.9 Å². The maximum absolute atomic E-state index is 13.4. The number of benzene rings is 1. The third-order valence-electron chi connectivity index (χ3n) is 2.59. The summed E-state index contributed by atoms with van der Waals surface area (Å²) in [5.74, 6) is 0.0640. The first kappa shape index (κ1) is 13.4. The van der Waals surface area contributed by atoms with E-state index in [0.717, 1.165) is 5.56 Å². The quantitative estimate of drug-likeness (QED) is 0.919. The summed E-state index contributed by atoms with van der Waals surface area (Å²) in [5, 5.41) is 0. The molecule has 1 heterocycles. The largest absolute Gasteiger partial charge is 0.424 e. The molecular weight excluding hydrogens is 245 g/mol. The normalized spacial score (nSPS) is 12.2. The topological polar surface area (TPSA) is 61.0 Å². The molecule has 2 rings (SSSR count). The molecule has 2 N–H and O–H groups in total. The highest BCUT2D eigenvalue weighted by Gasteiger charge is 2.05. The number of rotatable bonds is 4. The molecule has 0 saturated carbocycles. The van der Waals surface area contributed by atoms with Crippen molar-refractivity contribution in [3.8, 4) is 11.8 Å². The molecule has 0 fully saturated rings. The van der Waals surface area contributed by atoms with Crippen LogP contribution >= 0.6 is 0 Å². The monoisotopic (exact) mass is 261 g/mol. The summed E-state index contributed by atoms with van der Waals surface area (Å²) in [7, 11) is 0. The van der Waals surface area contributed by atoms with Crippen LogP contribution in [0.5, 0.6) is 11.8 Å². The minimum atomic E-state index is -0.314. The van der Waals surface area contributed by atoms with E-state index in [1.54, 1.807) is 31.5 Å². The molecule has 1 aromatic heterocycles. The van der Waals surface area contributed by atoms with Crippen LogP contribution in [0.25, 0.3) is 0 Å². The lowest BCUT2D eigenvalue weighted by molar-refractivity contribution is 0.436. The smallest absolute Gasteiger partial charge is 0.321 e. The van der Waals surface area contributed by atoms with E-state index >= 15 is 0 Å². The van der Waals surface area contributed by atoms with Crippen molar-refractivity contribution < 1.29 is 9.13 Å². The molecule has 0 amide bonds. The maximum Gasteiger partial charge on any atom is 0.321 e. The predicted molar refractivity (Wildman–Crippen MR) is 70.6 cm³/mol. The van der Waals surface area contributed by atoms with Crippen LogP contribution in [0.15, 0.2) is 30.6 Å². The molecule has 19 heavy (non-hydrogen) atoms. The van der Waals surface area contributed by atoms with Crippen molar-refractivity contribution >= 4 is 0 Å². The average molecular weight is 261 g/mol. The molecular formula is C14H16FN3O. The lowest BCUT2D eigenvalue weighted by Gasteiger charge is -2.07. The van der Waals surface area contributed by atoms with E-state index in [0.29, 0.717) is 17.7 Å². The summed E-state index contributed by atoms with van der Waals surface area (Å²) in [6.45, 7) is 3.61. The zero-order chi connectivity index (χ0) is 13.8. The van der Waals surface area contributed by atoms with Crippen molar-refractivity contribution in [1.82, 2.24) is 9.97 Å². The van der Waals surface area contributed by atoms with Crippen molar-refractivity contribution in [2.75, 3.05) is 0 Å². The van der Waals surface area contributed by atoms with Crippen LogP contribution in [0.1, 0.15) is 18.1 Å². The minimum absolute atomic E-state index is 0.0570. The van der Waals surface area contributed by atoms with E-state index in [1.807, 2.05) is 6.92 Å². The lowest BCUT2D eigenvalue weighted by Crippen LogP contribution is -2.17. The number of ether oxygens (including phenoxy) is 1. The van der Waals surface area contributed by atoms with E-state index in [1.165, 1.54) is 6.07 Å². The number of nitrogens with zero attached hydrogens (tertiary/aromatic N) is 2. The molecule has 4 nitrogen and oxygen atoms in total. The van der Waals surface area contributed by atoms with Gasteiger partial charge in [-0.25, -0.2) is 14.4 Å². The van der Waals surface area contributed by atoms with Gasteiger partial charge in [0.2, 0.25) is 0 Å². The molecule has 1 atom stereocenters. The number of aryl methyl sites for hydroxylation is 1. The molecule has 0 aliphatic rings. The van der Waals surface area contributed by atoms with Crippen LogP contribution in [-0.4, -0.2) is 16.0 Å². The second kappa shape index (κ2) is 5.75. The van der Waals surface area contributed by atoms with Gasteiger partial charge in [0.1, 0.15) is 11.6 Å². The van der Waals surface area contributed by atoms with Crippen molar-refractivity contribution in [2.45, 2.75) is 26.3 Å². The van der Waals surface area contributed by atoms with Crippen molar-refractivity contribution in [2.24, 2.45) is 5.73 Å². The fourth-order valence-corrected chi connectivity index (χ4v) is 1.62. The van der Waals surface area contributed by atoms with Crippen LogP contribution in [0.4, 0.5) is 4.39 Å². The van der Waals surface area contributed by atoms with E-state index < -0.39 is 0 Å². The van der Waals surface area contributed by atoms with Crippen molar-refractivity contribution in [3.05, 3.63) is 47.5 Å². The van der Waals surface area contributed by atoms with E-state index in [4.69, 9.17) is 10.5 Å². The van der Waals surface area contributed by atoms with Gasteiger partial charge in [0.05, 0.1) is 0 Å². The van der Waals surface area contributed by atoms with Crippen molar-refractivity contribution in [1.29, 1.82) is 0 Å². The summed E-state index contributed by atoms with van der Waals surface area (Å²) in [6, 6.07) is 4.89. The Morgan fingerprint density at radius 1 is 1.32 bits per heavy atom. The Hall–Kier alpha value is -2.01. The Balaban J connectivity index is 2.08. The van der Waals surface area contributed by atoms with Gasteiger partial charge in [-0.2, -0.15) is 0 Å². The molecule has 0 spiro atoms. The highest BCUT2D eigenvalue weighted by atomic mass is 19.1. The second-order valence-electron chi connectivity index (χ2n) is 4.57. The third-order valence-corrected chi connectivity index (χ3v) is 2.59. The van der Waals surface area contributed by atoms with Crippen LogP contribution in [-0.2, 0) is 6.42 Å².